The van der Waals surface area contributed by atoms with Gasteiger partial charge in [0.1, 0.15) is 17.1 Å². The molecule has 0 radical (unpaired) electrons. The molecule has 3 aromatic rings. The fourth-order valence-corrected chi connectivity index (χ4v) is 4.13. The van der Waals surface area contributed by atoms with Crippen LogP contribution in [0.5, 0.6) is 5.75 Å². The topological polar surface area (TPSA) is 42.6 Å². The van der Waals surface area contributed by atoms with Crippen LogP contribution in [0, 0.1) is 0 Å². The van der Waals surface area contributed by atoms with Crippen LogP contribution in [-0.2, 0) is 12.8 Å². The highest BCUT2D eigenvalue weighted by Crippen LogP contribution is 2.33. The molecule has 0 atom stereocenters. The number of hydrogen-bond donors (Lipinski definition) is 1. The molecule has 1 aromatic heterocycles. The molecule has 0 bridgehead atoms. The van der Waals surface area contributed by atoms with Gasteiger partial charge in [-0.2, -0.15) is 0 Å². The van der Waals surface area contributed by atoms with Gasteiger partial charge < -0.3 is 14.3 Å². The highest BCUT2D eigenvalue weighted by atomic mass is 19.3. The van der Waals surface area contributed by atoms with Gasteiger partial charge in [-0.3, -0.25) is 0 Å². The molecule has 33 heavy (non-hydrogen) atoms. The lowest BCUT2D eigenvalue weighted by atomic mass is 9.97. The zero-order chi connectivity index (χ0) is 23.7. The molecule has 1 heterocycles. The second-order valence-corrected chi connectivity index (χ2v) is 8.75. The summed E-state index contributed by atoms with van der Waals surface area (Å²) in [6.07, 6.45) is 5.58. The Morgan fingerprint density at radius 1 is 0.939 bits per heavy atom. The largest absolute Gasteiger partial charge is 0.493 e. The van der Waals surface area contributed by atoms with Crippen LogP contribution in [0.2, 0.25) is 0 Å². The number of hydrogen-bond acceptors (Lipinski definition) is 3. The van der Waals surface area contributed by atoms with Crippen LogP contribution in [0.1, 0.15) is 69.9 Å². The highest BCUT2D eigenvalue weighted by Gasteiger charge is 2.27. The average Bonchev–Trinajstić information content (AvgIpc) is 3.24. The van der Waals surface area contributed by atoms with E-state index in [1.54, 1.807) is 0 Å². The van der Waals surface area contributed by atoms with Gasteiger partial charge in [0.05, 0.1) is 6.61 Å². The standard InChI is InChI=1S/C28H36F2O3/c1-3-5-6-9-21-10-13-25(22(4-2)18-21)27-19-23-11-12-24(20-26(23)33-27)32-17-8-15-28(29,30)14-7-16-31/h10-13,18-20,31H,3-9,14-17H2,1-2H3. The molecule has 0 fully saturated rings. The molecule has 1 N–H and O–H groups in total. The van der Waals surface area contributed by atoms with Crippen molar-refractivity contribution in [3.8, 4) is 17.1 Å². The van der Waals surface area contributed by atoms with Gasteiger partial charge in [0, 0.05) is 36.5 Å². The third kappa shape index (κ3) is 7.29. The molecule has 0 aliphatic rings. The second-order valence-electron chi connectivity index (χ2n) is 8.75. The zero-order valence-electron chi connectivity index (χ0n) is 19.8. The number of unbranched alkanes of at least 4 members (excludes halogenated alkanes) is 2. The van der Waals surface area contributed by atoms with E-state index < -0.39 is 5.92 Å². The molecule has 0 saturated heterocycles. The number of halogens is 2. The van der Waals surface area contributed by atoms with Gasteiger partial charge in [0.2, 0.25) is 5.92 Å². The number of aliphatic hydroxyl groups is 1. The minimum atomic E-state index is -2.76. The first kappa shape index (κ1) is 25.2. The second kappa shape index (κ2) is 12.2. The molecule has 0 aliphatic heterocycles. The number of aliphatic hydroxyl groups excluding tert-OH is 1. The molecule has 0 unspecified atom stereocenters. The fourth-order valence-electron chi connectivity index (χ4n) is 4.13. The Bertz CT molecular complexity index is 1010. The van der Waals surface area contributed by atoms with Crippen molar-refractivity contribution in [3.05, 3.63) is 53.6 Å². The lowest BCUT2D eigenvalue weighted by Gasteiger charge is -2.15. The van der Waals surface area contributed by atoms with Gasteiger partial charge >= 0.3 is 0 Å². The first-order chi connectivity index (χ1) is 16.0. The van der Waals surface area contributed by atoms with Crippen molar-refractivity contribution >= 4 is 11.0 Å². The summed E-state index contributed by atoms with van der Waals surface area (Å²) in [6, 6.07) is 14.3. The van der Waals surface area contributed by atoms with E-state index in [1.807, 2.05) is 24.3 Å². The number of furan rings is 1. The van der Waals surface area contributed by atoms with Crippen LogP contribution in [0.4, 0.5) is 8.78 Å². The molecule has 2 aromatic carbocycles. The Balaban J connectivity index is 1.65. The Hall–Kier alpha value is -2.40. The normalized spacial score (nSPS) is 11.9. The summed E-state index contributed by atoms with van der Waals surface area (Å²) in [4.78, 5) is 0. The number of ether oxygens (including phenoxy) is 1. The van der Waals surface area contributed by atoms with E-state index in [9.17, 15) is 8.78 Å². The van der Waals surface area contributed by atoms with Crippen LogP contribution in [0.25, 0.3) is 22.3 Å². The summed E-state index contributed by atoms with van der Waals surface area (Å²) in [5.41, 5.74) is 4.49. The van der Waals surface area contributed by atoms with E-state index in [1.165, 1.54) is 30.4 Å². The Labute approximate surface area is 195 Å². The first-order valence-electron chi connectivity index (χ1n) is 12.2. The molecule has 3 rings (SSSR count). The molecule has 180 valence electrons. The summed E-state index contributed by atoms with van der Waals surface area (Å²) in [5.74, 6) is -1.30. The Morgan fingerprint density at radius 2 is 1.76 bits per heavy atom. The summed E-state index contributed by atoms with van der Waals surface area (Å²) in [7, 11) is 0. The number of rotatable bonds is 14. The predicted molar refractivity (Wildman–Crippen MR) is 130 cm³/mol. The van der Waals surface area contributed by atoms with Crippen LogP contribution >= 0.6 is 0 Å². The summed E-state index contributed by atoms with van der Waals surface area (Å²) in [5, 5.41) is 9.71. The lowest BCUT2D eigenvalue weighted by Crippen LogP contribution is -2.17. The van der Waals surface area contributed by atoms with E-state index in [0.29, 0.717) is 5.75 Å². The third-order valence-electron chi connectivity index (χ3n) is 6.03. The Morgan fingerprint density at radius 3 is 2.52 bits per heavy atom. The first-order valence-corrected chi connectivity index (χ1v) is 12.2. The molecule has 0 amide bonds. The van der Waals surface area contributed by atoms with E-state index in [-0.39, 0.29) is 38.9 Å². The van der Waals surface area contributed by atoms with Gasteiger partial charge in [-0.05, 0) is 61.4 Å². The maximum atomic E-state index is 13.7. The van der Waals surface area contributed by atoms with E-state index in [2.05, 4.69) is 32.0 Å². The molecular formula is C28H36F2O3. The Kier molecular flexibility index (Phi) is 9.30. The molecule has 3 nitrogen and oxygen atoms in total. The molecule has 0 aliphatic carbocycles. The quantitative estimate of drug-likeness (QED) is 0.249. The van der Waals surface area contributed by atoms with Crippen molar-refractivity contribution in [2.75, 3.05) is 13.2 Å². The molecule has 0 spiro atoms. The number of benzene rings is 2. The lowest BCUT2D eigenvalue weighted by molar-refractivity contribution is -0.0254. The van der Waals surface area contributed by atoms with Crippen molar-refractivity contribution in [2.45, 2.75) is 77.6 Å². The van der Waals surface area contributed by atoms with Crippen LogP contribution in [0.15, 0.2) is 46.9 Å². The van der Waals surface area contributed by atoms with E-state index in [4.69, 9.17) is 14.3 Å². The van der Waals surface area contributed by atoms with Crippen LogP contribution < -0.4 is 4.74 Å². The SMILES string of the molecule is CCCCCc1ccc(-c2cc3ccc(OCCCC(F)(F)CCCO)cc3o2)c(CC)c1. The average molecular weight is 459 g/mol. The van der Waals surface area contributed by atoms with Gasteiger partial charge in [-0.15, -0.1) is 0 Å². The monoisotopic (exact) mass is 458 g/mol. The minimum Gasteiger partial charge on any atom is -0.493 e. The number of alkyl halides is 2. The van der Waals surface area contributed by atoms with Gasteiger partial charge in [0.25, 0.3) is 0 Å². The van der Waals surface area contributed by atoms with Crippen molar-refractivity contribution in [1.29, 1.82) is 0 Å². The highest BCUT2D eigenvalue weighted by molar-refractivity contribution is 5.84. The van der Waals surface area contributed by atoms with Gasteiger partial charge in [0.15, 0.2) is 0 Å². The number of aryl methyl sites for hydroxylation is 2. The van der Waals surface area contributed by atoms with Crippen LogP contribution in [0.3, 0.4) is 0 Å². The number of fused-ring (bicyclic) bond motifs is 1. The molecular weight excluding hydrogens is 422 g/mol. The summed E-state index contributed by atoms with van der Waals surface area (Å²) >= 11 is 0. The molecule has 5 heteroatoms. The maximum Gasteiger partial charge on any atom is 0.248 e. The van der Waals surface area contributed by atoms with Crippen LogP contribution in [-0.4, -0.2) is 24.2 Å². The minimum absolute atomic E-state index is 0.118. The summed E-state index contributed by atoms with van der Waals surface area (Å²) in [6.45, 7) is 4.39. The van der Waals surface area contributed by atoms with E-state index >= 15 is 0 Å². The van der Waals surface area contributed by atoms with Gasteiger partial charge in [-0.25, -0.2) is 8.78 Å². The van der Waals surface area contributed by atoms with Crippen molar-refractivity contribution in [1.82, 2.24) is 0 Å². The van der Waals surface area contributed by atoms with Crippen molar-refractivity contribution in [2.24, 2.45) is 0 Å². The maximum absolute atomic E-state index is 13.7. The smallest absolute Gasteiger partial charge is 0.248 e. The van der Waals surface area contributed by atoms with Gasteiger partial charge in [-0.1, -0.05) is 44.9 Å². The molecule has 0 saturated carbocycles. The van der Waals surface area contributed by atoms with Crippen molar-refractivity contribution in [3.63, 3.8) is 0 Å². The van der Waals surface area contributed by atoms with E-state index in [0.717, 1.165) is 35.1 Å². The zero-order valence-corrected chi connectivity index (χ0v) is 19.8. The third-order valence-corrected chi connectivity index (χ3v) is 6.03. The predicted octanol–water partition coefficient (Wildman–Crippen LogP) is 7.96. The summed E-state index contributed by atoms with van der Waals surface area (Å²) < 4.78 is 39.2. The van der Waals surface area contributed by atoms with Crippen molar-refractivity contribution < 1.29 is 23.0 Å². The fraction of sp³-hybridized carbons (Fsp3) is 0.500.